The number of ether oxygens (including phenoxy) is 3. The van der Waals surface area contributed by atoms with Crippen molar-refractivity contribution in [3.63, 3.8) is 0 Å². The minimum Gasteiger partial charge on any atom is -0.468 e. The van der Waals surface area contributed by atoms with Gasteiger partial charge in [-0.05, 0) is 22.0 Å². The van der Waals surface area contributed by atoms with Crippen LogP contribution in [0.25, 0.3) is 39.3 Å². The summed E-state index contributed by atoms with van der Waals surface area (Å²) in [5.74, 6) is -1.03. The Morgan fingerprint density at radius 1 is 0.630 bits per heavy atom. The Morgan fingerprint density at radius 3 is 1.47 bits per heavy atom. The summed E-state index contributed by atoms with van der Waals surface area (Å²) < 4.78 is 113. The number of nitrogens with zero attached hydrogens (tertiary/aromatic N) is 10. The molecule has 2 saturated heterocycles. The number of nitrogens with one attached hydrogen (secondary N) is 5. The predicted octanol–water partition coefficient (Wildman–Crippen LogP) is -1.70. The average molecular weight is 1770 g/mol. The predicted molar refractivity (Wildman–Crippen MR) is 354 cm³/mol. The first-order chi connectivity index (χ1) is 46.9. The number of hydrogen-bond acceptors (Lipinski definition) is 30. The second kappa shape index (κ2) is 39.1. The minimum absolute atomic E-state index is 0.0919. The van der Waals surface area contributed by atoms with Crippen LogP contribution in [0.2, 0.25) is 0 Å². The summed E-state index contributed by atoms with van der Waals surface area (Å²) >= 11 is 4.30. The third-order valence-corrected chi connectivity index (χ3v) is 19.6. The zero-order valence-corrected chi connectivity index (χ0v) is 60.8. The van der Waals surface area contributed by atoms with Crippen molar-refractivity contribution in [1.29, 1.82) is 0 Å². The molecule has 16 N–H and O–H groups in total. The highest BCUT2D eigenvalue weighted by Gasteiger charge is 2.45. The standard InChI is InChI=1S/C22H27N8O16P3.C19H24N7O16P3.2CH3I.CH4O/c1-23-5-7-42-21-18-19(25-11-26-21)29(12-27-18)6-4-24-16(32)3-2-13-9-30(22(34)28-20(13)33)17-8-14(31)15(44-17)10-43-48(38,39)46-49(40,41)45-47(35,36)37;27-11-5-14(40-12(11)7-39-44(35,36)42-45(37,38)41-43(32,33)34)26-6-10(17(29)24-19(26)31)1-2-13(28)20-3-4-25-9-23-15-16(25)21-8-22-18(15)30;3*1-2/h2-3,9,11-12,14-15,17,31H,4-8,10H2,(H,24,32)(H,38,39)(H,40,41)(H,28,33,34)(H2,35,36,37);1-2,6,8-9,11-12,14,27H,3-5,7H2,(H,20,28)(H,35,36)(H,37,38)(H,21,22,30)(H,24,29,31)(H2,32,33,34);2*1H3;2H,1H3/b3-2+;2-1+;;;/t14?,15-,17-;11?,12-,14-;;;/m11.../s1. The van der Waals surface area contributed by atoms with Gasteiger partial charge in [0.1, 0.15) is 31.0 Å². The highest BCUT2D eigenvalue weighted by atomic mass is 127. The van der Waals surface area contributed by atoms with Crippen LogP contribution in [-0.2, 0) is 85.8 Å². The van der Waals surface area contributed by atoms with E-state index in [0.29, 0.717) is 16.8 Å². The van der Waals surface area contributed by atoms with E-state index in [1.807, 2.05) is 19.8 Å². The maximum atomic E-state index is 12.5. The van der Waals surface area contributed by atoms with Crippen molar-refractivity contribution in [1.82, 2.24) is 68.8 Å². The van der Waals surface area contributed by atoms with E-state index in [9.17, 15) is 90.7 Å². The molecule has 8 heterocycles. The van der Waals surface area contributed by atoms with Gasteiger partial charge in [-0.1, -0.05) is 45.2 Å². The fourth-order valence-electron chi connectivity index (χ4n) is 8.10. The van der Waals surface area contributed by atoms with Gasteiger partial charge >= 0.3 is 58.3 Å². The summed E-state index contributed by atoms with van der Waals surface area (Å²) in [6.07, 6.45) is 2.64. The third kappa shape index (κ3) is 27.3. The van der Waals surface area contributed by atoms with Crippen molar-refractivity contribution in [2.75, 3.05) is 56.4 Å². The first kappa shape index (κ1) is 86.5. The summed E-state index contributed by atoms with van der Waals surface area (Å²) in [4.78, 5) is 192. The molecule has 0 aliphatic carbocycles. The van der Waals surface area contributed by atoms with Gasteiger partial charge < -0.3 is 98.3 Å². The molecule has 0 spiro atoms. The molecular formula is C44H61I2N15O33P6. The summed E-state index contributed by atoms with van der Waals surface area (Å²) in [5.41, 5.74) is -3.23. The maximum absolute atomic E-state index is 12.5. The smallest absolute Gasteiger partial charge is 0.468 e. The summed E-state index contributed by atoms with van der Waals surface area (Å²) in [6.45, 7) is 5.79. The lowest BCUT2D eigenvalue weighted by atomic mass is 10.2. The van der Waals surface area contributed by atoms with Gasteiger partial charge in [-0.2, -0.15) is 22.2 Å². The largest absolute Gasteiger partial charge is 0.490 e. The lowest BCUT2D eigenvalue weighted by Gasteiger charge is -2.19. The van der Waals surface area contributed by atoms with Crippen molar-refractivity contribution in [2.24, 2.45) is 0 Å². The molecule has 2 amide bonds. The molecule has 0 aromatic carbocycles. The van der Waals surface area contributed by atoms with Gasteiger partial charge in [0.05, 0.1) is 55.5 Å². The van der Waals surface area contributed by atoms with Crippen LogP contribution in [0.15, 0.2) is 73.8 Å². The van der Waals surface area contributed by atoms with Gasteiger partial charge in [0.25, 0.3) is 16.7 Å². The van der Waals surface area contributed by atoms with Crippen LogP contribution in [0.1, 0.15) is 36.4 Å². The van der Waals surface area contributed by atoms with E-state index in [4.69, 9.17) is 45.5 Å². The van der Waals surface area contributed by atoms with E-state index in [2.05, 4.69) is 117 Å². The van der Waals surface area contributed by atoms with Crippen LogP contribution in [0.4, 0.5) is 0 Å². The number of amides is 2. The Kier molecular flexibility index (Phi) is 33.8. The van der Waals surface area contributed by atoms with Crippen molar-refractivity contribution in [3.05, 3.63) is 124 Å². The van der Waals surface area contributed by atoms with Crippen LogP contribution in [0.5, 0.6) is 5.88 Å². The monoisotopic (exact) mass is 1770 g/mol. The van der Waals surface area contributed by atoms with Crippen LogP contribution in [0.3, 0.4) is 0 Å². The number of fused-ring (bicyclic) bond motifs is 2. The van der Waals surface area contributed by atoms with E-state index < -0.39 is 137 Å². The molecule has 6 aromatic heterocycles. The first-order valence-corrected chi connectivity index (χ1v) is 40.3. The Balaban J connectivity index is 0.000000396. The summed E-state index contributed by atoms with van der Waals surface area (Å²) in [6, 6.07) is 0. The number of carbonyl (C=O) groups is 2. The Morgan fingerprint density at radius 2 is 1.05 bits per heavy atom. The number of phosphoric ester groups is 2. The molecule has 6 aromatic rings. The normalized spacial score (nSPS) is 19.9. The fourth-order valence-corrected chi connectivity index (χ4v) is 14.2. The lowest BCUT2D eigenvalue weighted by molar-refractivity contribution is -0.117. The number of phosphoric acid groups is 6. The van der Waals surface area contributed by atoms with Gasteiger partial charge in [0.15, 0.2) is 28.9 Å². The average Bonchev–Trinajstić information content (AvgIpc) is 1.65. The second-order valence-electron chi connectivity index (χ2n) is 18.7. The number of alkyl halides is 2. The molecule has 6 unspecified atom stereocenters. The zero-order chi connectivity index (χ0) is 75.1. The van der Waals surface area contributed by atoms with Gasteiger partial charge in [-0.15, -0.1) is 0 Å². The Hall–Kier alpha value is -5.95. The fraction of sp³-hybridized carbons (Fsp3) is 0.432. The van der Waals surface area contributed by atoms with E-state index >= 15 is 0 Å². The number of carbonyl (C=O) groups excluding carboxylic acids is 2. The molecule has 56 heteroatoms. The third-order valence-electron chi connectivity index (χ3n) is 12.0. The number of H-pyrrole nitrogens is 3. The molecule has 0 radical (unpaired) electrons. The van der Waals surface area contributed by atoms with Crippen LogP contribution in [0, 0.1) is 6.57 Å². The van der Waals surface area contributed by atoms with Gasteiger partial charge in [0, 0.05) is 70.7 Å². The second-order valence-corrected chi connectivity index (χ2v) is 27.6. The Labute approximate surface area is 585 Å². The molecule has 48 nitrogen and oxygen atoms in total. The highest BCUT2D eigenvalue weighted by molar-refractivity contribution is 14.1. The molecule has 8 rings (SSSR count). The SMILES string of the molecule is CI.CI.CO.O=C(/C=C/c1cn([C@H]2CC(O)[C@@H](COP(=O)(O)OP(=O)(O)OP(=O)(O)O)O2)c(=O)[nH]c1=O)NCCn1cnc2c(=O)[nH]cnc21.[C-]#[N+]CCOc1ncnc2c1ncn2CCNC(=O)/C=C/c1cn([C@H]2CC(O)[C@@H](COP(=O)(O)OP(=O)(O)OP(=O)(O)O)O2)c(=O)[nH]c1=O. The van der Waals surface area contributed by atoms with Gasteiger partial charge in [-0.3, -0.25) is 52.1 Å². The number of aliphatic hydroxyl groups is 3. The number of aromatic nitrogens is 12. The number of aromatic amines is 3. The number of hydrogen-bond donors (Lipinski definition) is 16. The number of imidazole rings is 2. The molecule has 2 fully saturated rings. The number of halogens is 2. The molecule has 2 aliphatic rings. The number of aliphatic hydroxyl groups excluding tert-OH is 3. The van der Waals surface area contributed by atoms with Crippen molar-refractivity contribution < 1.29 is 132 Å². The van der Waals surface area contributed by atoms with E-state index in [1.54, 1.807) is 9.13 Å². The molecule has 10 atom stereocenters. The van der Waals surface area contributed by atoms with E-state index in [1.165, 1.54) is 25.3 Å². The van der Waals surface area contributed by atoms with Crippen molar-refractivity contribution in [3.8, 4) is 5.88 Å². The van der Waals surface area contributed by atoms with E-state index in [-0.39, 0.29) is 74.7 Å². The lowest BCUT2D eigenvalue weighted by Crippen LogP contribution is -2.33. The molecule has 0 saturated carbocycles. The number of rotatable bonds is 29. The molecule has 100 heavy (non-hydrogen) atoms. The van der Waals surface area contributed by atoms with Crippen LogP contribution >= 0.6 is 92.1 Å². The molecule has 0 bridgehead atoms. The topological polar surface area (TPSA) is 687 Å². The zero-order valence-electron chi connectivity index (χ0n) is 51.1. The summed E-state index contributed by atoms with van der Waals surface area (Å²) in [5, 5.41) is 32.8. The first-order valence-electron chi connectivity index (χ1n) is 27.0. The van der Waals surface area contributed by atoms with Crippen LogP contribution < -0.4 is 43.4 Å². The van der Waals surface area contributed by atoms with Crippen molar-refractivity contribution in [2.45, 2.75) is 62.8 Å². The molecule has 554 valence electrons. The van der Waals surface area contributed by atoms with Crippen LogP contribution in [-0.4, -0.2) is 205 Å². The maximum Gasteiger partial charge on any atom is 0.490 e. The quantitative estimate of drug-likeness (QED) is 0.00621. The van der Waals surface area contributed by atoms with E-state index in [0.717, 1.165) is 52.9 Å². The highest BCUT2D eigenvalue weighted by Crippen LogP contribution is 2.67. The minimum atomic E-state index is -5.77. The Bertz CT molecular complexity index is 4530. The summed E-state index contributed by atoms with van der Waals surface area (Å²) in [7, 11) is -32.8. The molecule has 2 aliphatic heterocycles. The van der Waals surface area contributed by atoms with Crippen molar-refractivity contribution >= 4 is 138 Å². The molecular weight excluding hydrogens is 1710 g/mol. The van der Waals surface area contributed by atoms with Gasteiger partial charge in [-0.25, -0.2) is 63.5 Å². The van der Waals surface area contributed by atoms with Gasteiger partial charge in [0.2, 0.25) is 24.2 Å².